The first-order valence-corrected chi connectivity index (χ1v) is 4.62. The summed E-state index contributed by atoms with van der Waals surface area (Å²) in [4.78, 5) is 14.4. The molecule has 0 aliphatic heterocycles. The largest absolute Gasteiger partial charge is 0.507 e. The van der Waals surface area contributed by atoms with Crippen molar-refractivity contribution in [2.75, 3.05) is 6.54 Å². The molecule has 0 bridgehead atoms. The van der Waals surface area contributed by atoms with Gasteiger partial charge in [-0.1, -0.05) is 19.1 Å². The Morgan fingerprint density at radius 2 is 2.20 bits per heavy atom. The van der Waals surface area contributed by atoms with E-state index in [-0.39, 0.29) is 12.3 Å². The summed E-state index contributed by atoms with van der Waals surface area (Å²) in [5.41, 5.74) is 0.593. The third-order valence-electron chi connectivity index (χ3n) is 1.97. The lowest BCUT2D eigenvalue weighted by Gasteiger charge is -2.00. The first-order chi connectivity index (χ1) is 7.11. The Morgan fingerprint density at radius 1 is 1.53 bits per heavy atom. The van der Waals surface area contributed by atoms with Gasteiger partial charge in [-0.15, -0.1) is 0 Å². The molecule has 1 atom stereocenters. The quantitative estimate of drug-likeness (QED) is 0.735. The minimum Gasteiger partial charge on any atom is -0.507 e. The van der Waals surface area contributed by atoms with Crippen LogP contribution in [0.1, 0.15) is 12.5 Å². The molecule has 0 saturated heterocycles. The van der Waals surface area contributed by atoms with Gasteiger partial charge in [-0.05, 0) is 12.1 Å². The van der Waals surface area contributed by atoms with Gasteiger partial charge in [0.15, 0.2) is 0 Å². The number of phenols is 1. The zero-order chi connectivity index (χ0) is 11.3. The number of hydrogen-bond acceptors (Lipinski definition) is 3. The van der Waals surface area contributed by atoms with Crippen LogP contribution in [-0.4, -0.2) is 28.9 Å². The molecule has 0 spiro atoms. The van der Waals surface area contributed by atoms with Gasteiger partial charge in [-0.25, -0.2) is 0 Å². The van der Waals surface area contributed by atoms with Crippen LogP contribution in [0.4, 0.5) is 0 Å². The number of benzene rings is 1. The summed E-state index contributed by atoms with van der Waals surface area (Å²) in [7, 11) is 0. The Labute approximate surface area is 87.9 Å². The smallest absolute Gasteiger partial charge is 0.308 e. The summed E-state index contributed by atoms with van der Waals surface area (Å²) in [6, 6.07) is 6.76. The molecular weight excluding hydrogens is 194 g/mol. The van der Waals surface area contributed by atoms with Gasteiger partial charge in [0, 0.05) is 11.8 Å². The van der Waals surface area contributed by atoms with Crippen LogP contribution in [0.3, 0.4) is 0 Å². The molecule has 0 aliphatic carbocycles. The molecule has 1 rings (SSSR count). The van der Waals surface area contributed by atoms with E-state index in [9.17, 15) is 9.90 Å². The van der Waals surface area contributed by atoms with E-state index in [0.717, 1.165) is 0 Å². The molecule has 15 heavy (non-hydrogen) atoms. The van der Waals surface area contributed by atoms with E-state index in [4.69, 9.17) is 5.11 Å². The molecule has 0 saturated carbocycles. The summed E-state index contributed by atoms with van der Waals surface area (Å²) in [6.07, 6.45) is 1.48. The fraction of sp³-hybridized carbons (Fsp3) is 0.273. The standard InChI is InChI=1S/C11H13NO3/c1-8(11(14)15)6-12-7-9-4-2-3-5-10(9)13/h2-5,7-8,13H,6H2,1H3,(H,14,15)/t8-/m0/s1. The van der Waals surface area contributed by atoms with Gasteiger partial charge >= 0.3 is 5.97 Å². The Morgan fingerprint density at radius 3 is 2.80 bits per heavy atom. The molecule has 0 aromatic heterocycles. The van der Waals surface area contributed by atoms with Crippen molar-refractivity contribution in [3.8, 4) is 5.75 Å². The lowest BCUT2D eigenvalue weighted by Crippen LogP contribution is -2.12. The van der Waals surface area contributed by atoms with Crippen molar-refractivity contribution in [3.05, 3.63) is 29.8 Å². The molecule has 0 amide bonds. The van der Waals surface area contributed by atoms with E-state index in [1.54, 1.807) is 31.2 Å². The van der Waals surface area contributed by atoms with Crippen molar-refractivity contribution in [2.24, 2.45) is 10.9 Å². The predicted octanol–water partition coefficient (Wildman–Crippen LogP) is 1.53. The highest BCUT2D eigenvalue weighted by Gasteiger charge is 2.08. The van der Waals surface area contributed by atoms with Crippen LogP contribution in [-0.2, 0) is 4.79 Å². The van der Waals surface area contributed by atoms with Gasteiger partial charge in [0.05, 0.1) is 12.5 Å². The van der Waals surface area contributed by atoms with Crippen molar-refractivity contribution in [3.63, 3.8) is 0 Å². The number of aromatic hydroxyl groups is 1. The Hall–Kier alpha value is -1.84. The molecule has 0 heterocycles. The normalized spacial score (nSPS) is 12.9. The van der Waals surface area contributed by atoms with Gasteiger partial charge in [-0.2, -0.15) is 0 Å². The van der Waals surface area contributed by atoms with Crippen molar-refractivity contribution < 1.29 is 15.0 Å². The Bertz CT molecular complexity index is 374. The van der Waals surface area contributed by atoms with Crippen LogP contribution in [0.25, 0.3) is 0 Å². The molecule has 0 radical (unpaired) electrons. The zero-order valence-corrected chi connectivity index (χ0v) is 8.42. The topological polar surface area (TPSA) is 69.9 Å². The molecule has 2 N–H and O–H groups in total. The number of para-hydroxylation sites is 1. The number of aliphatic imine (C=N–C) groups is 1. The lowest BCUT2D eigenvalue weighted by molar-refractivity contribution is -0.140. The van der Waals surface area contributed by atoms with E-state index in [1.165, 1.54) is 6.21 Å². The highest BCUT2D eigenvalue weighted by Crippen LogP contribution is 2.12. The number of phenolic OH excluding ortho intramolecular Hbond substituents is 1. The maximum atomic E-state index is 10.5. The fourth-order valence-corrected chi connectivity index (χ4v) is 0.984. The van der Waals surface area contributed by atoms with Gasteiger partial charge in [0.2, 0.25) is 0 Å². The van der Waals surface area contributed by atoms with Crippen molar-refractivity contribution in [1.82, 2.24) is 0 Å². The third-order valence-corrected chi connectivity index (χ3v) is 1.97. The zero-order valence-electron chi connectivity index (χ0n) is 8.42. The average molecular weight is 207 g/mol. The predicted molar refractivity (Wildman–Crippen MR) is 57.4 cm³/mol. The summed E-state index contributed by atoms with van der Waals surface area (Å²) in [5.74, 6) is -1.24. The first-order valence-electron chi connectivity index (χ1n) is 4.62. The molecule has 0 aliphatic rings. The van der Waals surface area contributed by atoms with Crippen molar-refractivity contribution in [1.29, 1.82) is 0 Å². The number of hydrogen-bond donors (Lipinski definition) is 2. The summed E-state index contributed by atoms with van der Waals surface area (Å²) in [5, 5.41) is 18.0. The number of rotatable bonds is 4. The molecule has 80 valence electrons. The highest BCUT2D eigenvalue weighted by atomic mass is 16.4. The maximum Gasteiger partial charge on any atom is 0.308 e. The summed E-state index contributed by atoms with van der Waals surface area (Å²) >= 11 is 0. The first kappa shape index (κ1) is 11.2. The van der Waals surface area contributed by atoms with E-state index in [1.807, 2.05) is 0 Å². The summed E-state index contributed by atoms with van der Waals surface area (Å²) < 4.78 is 0. The monoisotopic (exact) mass is 207 g/mol. The molecule has 0 fully saturated rings. The van der Waals surface area contributed by atoms with Gasteiger partial charge < -0.3 is 10.2 Å². The minimum absolute atomic E-state index is 0.143. The maximum absolute atomic E-state index is 10.5. The highest BCUT2D eigenvalue weighted by molar-refractivity contribution is 5.83. The van der Waals surface area contributed by atoms with Crippen LogP contribution < -0.4 is 0 Å². The lowest BCUT2D eigenvalue weighted by atomic mass is 10.2. The van der Waals surface area contributed by atoms with Gasteiger partial charge in [0.25, 0.3) is 0 Å². The second-order valence-electron chi connectivity index (χ2n) is 3.29. The number of carbonyl (C=O) groups is 1. The van der Waals surface area contributed by atoms with Crippen LogP contribution in [0, 0.1) is 5.92 Å². The molecule has 4 nitrogen and oxygen atoms in total. The molecular formula is C11H13NO3. The van der Waals surface area contributed by atoms with Crippen LogP contribution in [0.15, 0.2) is 29.3 Å². The molecule has 0 unspecified atom stereocenters. The fourth-order valence-electron chi connectivity index (χ4n) is 0.984. The van der Waals surface area contributed by atoms with Gasteiger partial charge in [0.1, 0.15) is 5.75 Å². The SMILES string of the molecule is C[C@@H](CN=Cc1ccccc1O)C(=O)O. The summed E-state index contributed by atoms with van der Waals surface area (Å²) in [6.45, 7) is 1.80. The molecule has 1 aromatic rings. The van der Waals surface area contributed by atoms with Gasteiger partial charge in [-0.3, -0.25) is 9.79 Å². The third kappa shape index (κ3) is 3.42. The molecule has 1 aromatic carbocycles. The van der Waals surface area contributed by atoms with E-state index in [0.29, 0.717) is 5.56 Å². The minimum atomic E-state index is -0.871. The average Bonchev–Trinajstić information content (AvgIpc) is 2.20. The van der Waals surface area contributed by atoms with Crippen LogP contribution in [0.2, 0.25) is 0 Å². The van der Waals surface area contributed by atoms with Crippen LogP contribution >= 0.6 is 0 Å². The number of carboxylic acids is 1. The number of carboxylic acid groups (broad SMARTS) is 1. The number of nitrogens with zero attached hydrogens (tertiary/aromatic N) is 1. The van der Waals surface area contributed by atoms with E-state index >= 15 is 0 Å². The van der Waals surface area contributed by atoms with Crippen molar-refractivity contribution in [2.45, 2.75) is 6.92 Å². The second-order valence-corrected chi connectivity index (χ2v) is 3.29. The number of aliphatic carboxylic acids is 1. The van der Waals surface area contributed by atoms with E-state index in [2.05, 4.69) is 4.99 Å². The van der Waals surface area contributed by atoms with E-state index < -0.39 is 11.9 Å². The Balaban J connectivity index is 2.59. The van der Waals surface area contributed by atoms with Crippen molar-refractivity contribution >= 4 is 12.2 Å². The second kappa shape index (κ2) is 5.14. The Kier molecular flexibility index (Phi) is 3.85. The molecule has 4 heteroatoms. The van der Waals surface area contributed by atoms with Crippen LogP contribution in [0.5, 0.6) is 5.75 Å².